The number of carbonyl (C=O) groups excluding carboxylic acids is 1. The number of anilines is 1. The highest BCUT2D eigenvalue weighted by Gasteiger charge is 2.15. The van der Waals surface area contributed by atoms with E-state index in [0.717, 1.165) is 11.1 Å². The van der Waals surface area contributed by atoms with Gasteiger partial charge in [-0.3, -0.25) is 9.59 Å². The fraction of sp³-hybridized carbons (Fsp3) is 0.364. The van der Waals surface area contributed by atoms with Gasteiger partial charge in [0, 0.05) is 37.1 Å². The van der Waals surface area contributed by atoms with Crippen LogP contribution in [0.1, 0.15) is 27.9 Å². The Bertz CT molecular complexity index is 1190. The first-order valence-electron chi connectivity index (χ1n) is 10.4. The van der Waals surface area contributed by atoms with Crippen molar-refractivity contribution in [3.8, 4) is 0 Å². The summed E-state index contributed by atoms with van der Waals surface area (Å²) in [5.74, 6) is -0.246. The summed E-state index contributed by atoms with van der Waals surface area (Å²) >= 11 is 13.7. The summed E-state index contributed by atoms with van der Waals surface area (Å²) in [5, 5.41) is 14.5. The van der Waals surface area contributed by atoms with Gasteiger partial charge >= 0.3 is 0 Å². The number of thiazole rings is 1. The maximum atomic E-state index is 13.0. The Kier molecular flexibility index (Phi) is 8.85. The van der Waals surface area contributed by atoms with Gasteiger partial charge in [-0.15, -0.1) is 0 Å². The lowest BCUT2D eigenvalue weighted by Crippen LogP contribution is -2.32. The lowest BCUT2D eigenvalue weighted by Gasteiger charge is -2.12. The van der Waals surface area contributed by atoms with E-state index in [9.17, 15) is 9.59 Å². The van der Waals surface area contributed by atoms with E-state index in [0.29, 0.717) is 57.4 Å². The largest absolute Gasteiger partial charge is 0.365 e. The van der Waals surface area contributed by atoms with Crippen molar-refractivity contribution in [3.05, 3.63) is 72.1 Å². The molecule has 0 radical (unpaired) electrons. The molecule has 11 heteroatoms. The minimum atomic E-state index is -0.288. The van der Waals surface area contributed by atoms with Crippen molar-refractivity contribution >= 4 is 45.6 Å². The topological polar surface area (TPSA) is 101 Å². The molecule has 8 nitrogen and oxygen atoms in total. The third-order valence-electron chi connectivity index (χ3n) is 5.13. The SMILES string of the molecule is CNCc1ccc(Cl)cc1CNC(=O)Cc1c(C)cnn(CCc2nc(NC)sc2Cl)c1=O. The summed E-state index contributed by atoms with van der Waals surface area (Å²) in [5.41, 5.74) is 3.49. The number of carbonyl (C=O) groups is 1. The molecule has 1 aromatic carbocycles. The molecular weight excluding hydrogens is 483 g/mol. The Morgan fingerprint density at radius 3 is 2.67 bits per heavy atom. The molecule has 0 unspecified atom stereocenters. The summed E-state index contributed by atoms with van der Waals surface area (Å²) in [4.78, 5) is 30.0. The quantitative estimate of drug-likeness (QED) is 0.388. The Morgan fingerprint density at radius 1 is 1.18 bits per heavy atom. The highest BCUT2D eigenvalue weighted by atomic mass is 35.5. The van der Waals surface area contributed by atoms with Crippen LogP contribution in [0.5, 0.6) is 0 Å². The second-order valence-corrected chi connectivity index (χ2v) is 9.51. The summed E-state index contributed by atoms with van der Waals surface area (Å²) in [7, 11) is 3.63. The average Bonchev–Trinajstić information content (AvgIpc) is 3.16. The molecule has 0 aliphatic rings. The molecule has 0 fully saturated rings. The minimum absolute atomic E-state index is 0.0313. The Labute approximate surface area is 206 Å². The monoisotopic (exact) mass is 508 g/mol. The van der Waals surface area contributed by atoms with Crippen molar-refractivity contribution in [1.29, 1.82) is 0 Å². The van der Waals surface area contributed by atoms with E-state index >= 15 is 0 Å². The predicted molar refractivity (Wildman–Crippen MR) is 133 cm³/mol. The molecular formula is C22H26Cl2N6O2S. The molecule has 0 saturated carbocycles. The van der Waals surface area contributed by atoms with Crippen molar-refractivity contribution in [1.82, 2.24) is 25.4 Å². The molecule has 0 spiro atoms. The summed E-state index contributed by atoms with van der Waals surface area (Å²) < 4.78 is 1.93. The molecule has 33 heavy (non-hydrogen) atoms. The third kappa shape index (κ3) is 6.54. The molecule has 3 aromatic rings. The van der Waals surface area contributed by atoms with Crippen molar-refractivity contribution in [2.45, 2.75) is 39.4 Å². The van der Waals surface area contributed by atoms with Crippen molar-refractivity contribution < 1.29 is 4.79 Å². The zero-order valence-electron chi connectivity index (χ0n) is 18.7. The second-order valence-electron chi connectivity index (χ2n) is 7.47. The van der Waals surface area contributed by atoms with Crippen LogP contribution in [0.2, 0.25) is 9.36 Å². The normalized spacial score (nSPS) is 10.9. The number of nitrogens with one attached hydrogen (secondary N) is 3. The molecule has 0 atom stereocenters. The molecule has 2 aromatic heterocycles. The highest BCUT2D eigenvalue weighted by molar-refractivity contribution is 7.19. The Balaban J connectivity index is 1.68. The van der Waals surface area contributed by atoms with Crippen molar-refractivity contribution in [2.75, 3.05) is 19.4 Å². The molecule has 0 aliphatic carbocycles. The summed E-state index contributed by atoms with van der Waals surface area (Å²) in [6.45, 7) is 3.08. The van der Waals surface area contributed by atoms with E-state index in [1.54, 1.807) is 20.2 Å². The third-order valence-corrected chi connectivity index (χ3v) is 6.72. The number of amides is 1. The van der Waals surface area contributed by atoms with Crippen LogP contribution in [0.15, 0.2) is 29.2 Å². The lowest BCUT2D eigenvalue weighted by atomic mass is 10.1. The molecule has 3 N–H and O–H groups in total. The first-order valence-corrected chi connectivity index (χ1v) is 12.0. The van der Waals surface area contributed by atoms with Crippen LogP contribution in [0.25, 0.3) is 0 Å². The van der Waals surface area contributed by atoms with Gasteiger partial charge in [0.25, 0.3) is 5.56 Å². The van der Waals surface area contributed by atoms with Crippen LogP contribution in [-0.2, 0) is 37.3 Å². The Morgan fingerprint density at radius 2 is 1.97 bits per heavy atom. The van der Waals surface area contributed by atoms with Gasteiger partial charge in [-0.2, -0.15) is 5.10 Å². The number of aryl methyl sites for hydroxylation is 3. The molecule has 2 heterocycles. The predicted octanol–water partition coefficient (Wildman–Crippen LogP) is 3.18. The number of hydrogen-bond acceptors (Lipinski definition) is 7. The summed E-state index contributed by atoms with van der Waals surface area (Å²) in [6.07, 6.45) is 2.03. The van der Waals surface area contributed by atoms with E-state index in [2.05, 4.69) is 26.0 Å². The van der Waals surface area contributed by atoms with Gasteiger partial charge in [-0.05, 0) is 42.8 Å². The van der Waals surface area contributed by atoms with Crippen LogP contribution in [0.3, 0.4) is 0 Å². The first-order chi connectivity index (χ1) is 15.8. The fourth-order valence-electron chi connectivity index (χ4n) is 3.33. The van der Waals surface area contributed by atoms with Crippen LogP contribution >= 0.6 is 34.5 Å². The van der Waals surface area contributed by atoms with Crippen LogP contribution in [0.4, 0.5) is 5.13 Å². The van der Waals surface area contributed by atoms with Gasteiger partial charge < -0.3 is 16.0 Å². The number of nitrogens with zero attached hydrogens (tertiary/aromatic N) is 3. The molecule has 1 amide bonds. The van der Waals surface area contributed by atoms with E-state index < -0.39 is 0 Å². The highest BCUT2D eigenvalue weighted by Crippen LogP contribution is 2.28. The maximum Gasteiger partial charge on any atom is 0.270 e. The number of aromatic nitrogens is 3. The van der Waals surface area contributed by atoms with E-state index in [1.807, 2.05) is 25.2 Å². The molecule has 0 bridgehead atoms. The Hall–Kier alpha value is -2.46. The van der Waals surface area contributed by atoms with Gasteiger partial charge in [-0.25, -0.2) is 9.67 Å². The standard InChI is InChI=1S/C22H26Cl2N6O2S/c1-13-10-28-30(7-6-18-20(24)33-22(26-3)29-18)21(32)17(13)9-19(31)27-12-15-8-16(23)5-4-14(15)11-25-2/h4-5,8,10,25H,6-7,9,11-12H2,1-3H3,(H,26,29)(H,27,31). The fourth-order valence-corrected chi connectivity index (χ4v) is 4.57. The second kappa shape index (κ2) is 11.6. The number of rotatable bonds is 10. The maximum absolute atomic E-state index is 13.0. The lowest BCUT2D eigenvalue weighted by molar-refractivity contribution is -0.120. The van der Waals surface area contributed by atoms with Crippen LogP contribution < -0.4 is 21.5 Å². The van der Waals surface area contributed by atoms with Crippen LogP contribution in [-0.4, -0.2) is 34.8 Å². The zero-order valence-corrected chi connectivity index (χ0v) is 21.0. The van der Waals surface area contributed by atoms with E-state index in [1.165, 1.54) is 16.0 Å². The molecule has 3 rings (SSSR count). The van der Waals surface area contributed by atoms with Crippen molar-refractivity contribution in [3.63, 3.8) is 0 Å². The molecule has 176 valence electrons. The minimum Gasteiger partial charge on any atom is -0.365 e. The first kappa shape index (κ1) is 25.2. The van der Waals surface area contributed by atoms with Crippen LogP contribution in [0, 0.1) is 6.92 Å². The van der Waals surface area contributed by atoms with Gasteiger partial charge in [0.15, 0.2) is 5.13 Å². The average molecular weight is 509 g/mol. The molecule has 0 aliphatic heterocycles. The van der Waals surface area contributed by atoms with Gasteiger partial charge in [0.05, 0.1) is 24.9 Å². The summed E-state index contributed by atoms with van der Waals surface area (Å²) in [6, 6.07) is 5.59. The van der Waals surface area contributed by atoms with Gasteiger partial charge in [0.1, 0.15) is 4.34 Å². The van der Waals surface area contributed by atoms with Gasteiger partial charge in [0.2, 0.25) is 5.91 Å². The van der Waals surface area contributed by atoms with Crippen molar-refractivity contribution in [2.24, 2.45) is 0 Å². The number of hydrogen-bond donors (Lipinski definition) is 3. The zero-order chi connectivity index (χ0) is 24.0. The number of halogens is 2. The molecule has 0 saturated heterocycles. The number of benzene rings is 1. The van der Waals surface area contributed by atoms with E-state index in [-0.39, 0.29) is 17.9 Å². The van der Waals surface area contributed by atoms with Gasteiger partial charge in [-0.1, -0.05) is 40.6 Å². The smallest absolute Gasteiger partial charge is 0.270 e. The van der Waals surface area contributed by atoms with E-state index in [4.69, 9.17) is 23.2 Å².